The smallest absolute Gasteiger partial charge is 0.321 e. The van der Waals surface area contributed by atoms with E-state index in [4.69, 9.17) is 4.74 Å². The van der Waals surface area contributed by atoms with E-state index in [0.717, 1.165) is 0 Å². The fourth-order valence-corrected chi connectivity index (χ4v) is 3.62. The molecule has 1 N–H and O–H groups in total. The Morgan fingerprint density at radius 2 is 1.96 bits per heavy atom. The van der Waals surface area contributed by atoms with Crippen LogP contribution in [0.25, 0.3) is 0 Å². The molecule has 134 valence electrons. The molecule has 1 aromatic heterocycles. The molecule has 0 spiro atoms. The molecule has 0 fully saturated rings. The van der Waals surface area contributed by atoms with E-state index in [1.165, 1.54) is 7.11 Å². The molecular formula is C20H21N3O3. The number of nitriles is 1. The third-order valence-corrected chi connectivity index (χ3v) is 4.76. The van der Waals surface area contributed by atoms with Crippen molar-refractivity contribution in [3.05, 3.63) is 53.2 Å². The molecule has 6 heteroatoms. The molecule has 1 amide bonds. The van der Waals surface area contributed by atoms with E-state index in [1.54, 1.807) is 30.5 Å². The zero-order chi connectivity index (χ0) is 19.1. The Morgan fingerprint density at radius 3 is 2.50 bits per heavy atom. The Bertz CT molecular complexity index is 916. The van der Waals surface area contributed by atoms with Crippen molar-refractivity contribution >= 4 is 17.7 Å². The van der Waals surface area contributed by atoms with Crippen molar-refractivity contribution in [2.45, 2.75) is 38.1 Å². The molecule has 2 heterocycles. The van der Waals surface area contributed by atoms with Crippen LogP contribution in [0.1, 0.15) is 43.9 Å². The SMILES string of the molecule is COC(=O)[C@@]1(c2ccccc2)CC(=O)Nc2c1c(C#N)cn2C(C)(C)C. The number of methoxy groups -OCH3 is 1. The van der Waals surface area contributed by atoms with Crippen LogP contribution in [-0.2, 0) is 25.3 Å². The van der Waals surface area contributed by atoms with Gasteiger partial charge in [0.25, 0.3) is 0 Å². The normalized spacial score (nSPS) is 19.3. The molecule has 0 saturated heterocycles. The number of hydrogen-bond donors (Lipinski definition) is 1. The van der Waals surface area contributed by atoms with Gasteiger partial charge in [-0.15, -0.1) is 0 Å². The summed E-state index contributed by atoms with van der Waals surface area (Å²) in [5, 5.41) is 12.6. The van der Waals surface area contributed by atoms with Crippen LogP contribution in [0.3, 0.4) is 0 Å². The minimum Gasteiger partial charge on any atom is -0.468 e. The van der Waals surface area contributed by atoms with E-state index in [9.17, 15) is 14.9 Å². The highest BCUT2D eigenvalue weighted by Gasteiger charge is 2.52. The molecule has 0 saturated carbocycles. The molecule has 1 aromatic carbocycles. The molecule has 0 unspecified atom stereocenters. The number of ether oxygens (including phenoxy) is 1. The van der Waals surface area contributed by atoms with Crippen LogP contribution in [0.2, 0.25) is 0 Å². The second-order valence-electron chi connectivity index (χ2n) is 7.41. The Hall–Kier alpha value is -3.07. The van der Waals surface area contributed by atoms with Crippen LogP contribution in [0.5, 0.6) is 0 Å². The van der Waals surface area contributed by atoms with Gasteiger partial charge in [-0.1, -0.05) is 30.3 Å². The molecular weight excluding hydrogens is 330 g/mol. The highest BCUT2D eigenvalue weighted by Crippen LogP contribution is 2.47. The van der Waals surface area contributed by atoms with Gasteiger partial charge in [-0.05, 0) is 26.3 Å². The number of esters is 1. The topological polar surface area (TPSA) is 84.1 Å². The minimum absolute atomic E-state index is 0.112. The second kappa shape index (κ2) is 6.03. The van der Waals surface area contributed by atoms with Crippen molar-refractivity contribution in [3.8, 4) is 6.07 Å². The number of fused-ring (bicyclic) bond motifs is 1. The first-order valence-corrected chi connectivity index (χ1v) is 8.36. The quantitative estimate of drug-likeness (QED) is 0.843. The van der Waals surface area contributed by atoms with Gasteiger partial charge in [0.15, 0.2) is 0 Å². The number of carbonyl (C=O) groups is 2. The highest BCUT2D eigenvalue weighted by molar-refractivity contribution is 6.04. The number of benzene rings is 1. The molecule has 2 aromatic rings. The predicted molar refractivity (Wildman–Crippen MR) is 96.6 cm³/mol. The van der Waals surface area contributed by atoms with Gasteiger partial charge in [0.2, 0.25) is 5.91 Å². The number of carbonyl (C=O) groups excluding carboxylic acids is 2. The first-order chi connectivity index (χ1) is 12.3. The molecule has 0 radical (unpaired) electrons. The number of rotatable bonds is 2. The van der Waals surface area contributed by atoms with Crippen molar-refractivity contribution < 1.29 is 14.3 Å². The number of hydrogen-bond acceptors (Lipinski definition) is 4. The lowest BCUT2D eigenvalue weighted by atomic mass is 9.69. The minimum atomic E-state index is -1.35. The Balaban J connectivity index is 2.44. The van der Waals surface area contributed by atoms with Gasteiger partial charge in [-0.3, -0.25) is 9.59 Å². The van der Waals surface area contributed by atoms with Crippen molar-refractivity contribution in [2.24, 2.45) is 0 Å². The lowest BCUT2D eigenvalue weighted by molar-refractivity contribution is -0.147. The van der Waals surface area contributed by atoms with Crippen LogP contribution in [0.15, 0.2) is 36.5 Å². The molecule has 6 nitrogen and oxygen atoms in total. The van der Waals surface area contributed by atoms with E-state index < -0.39 is 11.4 Å². The molecule has 26 heavy (non-hydrogen) atoms. The van der Waals surface area contributed by atoms with Crippen molar-refractivity contribution in [1.29, 1.82) is 5.26 Å². The number of anilines is 1. The number of aromatic nitrogens is 1. The first-order valence-electron chi connectivity index (χ1n) is 8.36. The van der Waals surface area contributed by atoms with Crippen LogP contribution < -0.4 is 5.32 Å². The maximum atomic E-state index is 13.0. The summed E-state index contributed by atoms with van der Waals surface area (Å²) in [6.07, 6.45) is 1.58. The van der Waals surface area contributed by atoms with Gasteiger partial charge in [0.05, 0.1) is 19.1 Å². The fourth-order valence-electron chi connectivity index (χ4n) is 3.62. The fraction of sp³-hybridized carbons (Fsp3) is 0.350. The largest absolute Gasteiger partial charge is 0.468 e. The highest BCUT2D eigenvalue weighted by atomic mass is 16.5. The number of nitrogens with one attached hydrogen (secondary N) is 1. The monoisotopic (exact) mass is 351 g/mol. The van der Waals surface area contributed by atoms with Crippen LogP contribution in [-0.4, -0.2) is 23.6 Å². The van der Waals surface area contributed by atoms with Gasteiger partial charge in [-0.2, -0.15) is 5.26 Å². The molecule has 1 atom stereocenters. The van der Waals surface area contributed by atoms with Crippen LogP contribution >= 0.6 is 0 Å². The average molecular weight is 351 g/mol. The van der Waals surface area contributed by atoms with E-state index in [-0.39, 0.29) is 17.9 Å². The Kier molecular flexibility index (Phi) is 4.11. The summed E-state index contributed by atoms with van der Waals surface area (Å²) in [6.45, 7) is 5.91. The van der Waals surface area contributed by atoms with E-state index >= 15 is 0 Å². The van der Waals surface area contributed by atoms with Gasteiger partial charge < -0.3 is 14.6 Å². The zero-order valence-corrected chi connectivity index (χ0v) is 15.3. The number of nitrogens with zero attached hydrogens (tertiary/aromatic N) is 2. The van der Waals surface area contributed by atoms with E-state index in [0.29, 0.717) is 22.5 Å². The van der Waals surface area contributed by atoms with Crippen molar-refractivity contribution in [2.75, 3.05) is 12.4 Å². The molecule has 3 rings (SSSR count). The van der Waals surface area contributed by atoms with E-state index in [1.807, 2.05) is 31.4 Å². The van der Waals surface area contributed by atoms with Crippen molar-refractivity contribution in [1.82, 2.24) is 4.57 Å². The van der Waals surface area contributed by atoms with Gasteiger partial charge in [0, 0.05) is 17.3 Å². The third-order valence-electron chi connectivity index (χ3n) is 4.76. The standard InChI is InChI=1S/C20H21N3O3/c1-19(2,3)23-12-13(11-21)16-17(23)22-15(24)10-20(16,18(25)26-4)14-8-6-5-7-9-14/h5-9,12H,10H2,1-4H3,(H,22,24)/t20-/m1/s1. The van der Waals surface area contributed by atoms with Gasteiger partial charge in [-0.25, -0.2) is 0 Å². The second-order valence-corrected chi connectivity index (χ2v) is 7.41. The maximum absolute atomic E-state index is 13.0. The molecule has 0 bridgehead atoms. The molecule has 1 aliphatic heterocycles. The van der Waals surface area contributed by atoms with Crippen molar-refractivity contribution in [3.63, 3.8) is 0 Å². The first kappa shape index (κ1) is 17.7. The summed E-state index contributed by atoms with van der Waals surface area (Å²) in [7, 11) is 1.30. The lowest BCUT2D eigenvalue weighted by Crippen LogP contribution is -2.46. The summed E-state index contributed by atoms with van der Waals surface area (Å²) in [6, 6.07) is 11.2. The van der Waals surface area contributed by atoms with E-state index in [2.05, 4.69) is 11.4 Å². The average Bonchev–Trinajstić information content (AvgIpc) is 3.00. The third kappa shape index (κ3) is 2.48. The summed E-state index contributed by atoms with van der Waals surface area (Å²) in [4.78, 5) is 25.6. The van der Waals surface area contributed by atoms with Crippen LogP contribution in [0, 0.1) is 11.3 Å². The number of amides is 1. The maximum Gasteiger partial charge on any atom is 0.321 e. The lowest BCUT2D eigenvalue weighted by Gasteiger charge is -2.36. The summed E-state index contributed by atoms with van der Waals surface area (Å²) in [5.74, 6) is -0.373. The zero-order valence-electron chi connectivity index (χ0n) is 15.3. The summed E-state index contributed by atoms with van der Waals surface area (Å²) < 4.78 is 6.94. The Labute approximate surface area is 152 Å². The van der Waals surface area contributed by atoms with Gasteiger partial charge in [0.1, 0.15) is 17.3 Å². The van der Waals surface area contributed by atoms with Gasteiger partial charge >= 0.3 is 5.97 Å². The predicted octanol–water partition coefficient (Wildman–Crippen LogP) is 2.92. The summed E-state index contributed by atoms with van der Waals surface area (Å²) >= 11 is 0. The Morgan fingerprint density at radius 1 is 1.31 bits per heavy atom. The molecule has 1 aliphatic rings. The van der Waals surface area contributed by atoms with Crippen LogP contribution in [0.4, 0.5) is 5.82 Å². The summed E-state index contributed by atoms with van der Waals surface area (Å²) in [5.41, 5.74) is -0.264. The molecule has 0 aliphatic carbocycles.